The minimum atomic E-state index is -0.678. The second kappa shape index (κ2) is 4.73. The molecular weight excluding hydrogens is 210 g/mol. The van der Waals surface area contributed by atoms with Crippen molar-refractivity contribution in [3.63, 3.8) is 0 Å². The summed E-state index contributed by atoms with van der Waals surface area (Å²) >= 11 is 0. The van der Waals surface area contributed by atoms with Crippen LogP contribution in [0.15, 0.2) is 17.8 Å². The third-order valence-corrected chi connectivity index (χ3v) is 2.29. The molecule has 0 aliphatic carbocycles. The van der Waals surface area contributed by atoms with Crippen molar-refractivity contribution in [3.8, 4) is 0 Å². The summed E-state index contributed by atoms with van der Waals surface area (Å²) in [5, 5.41) is 18.1. The lowest BCUT2D eigenvalue weighted by atomic mass is 9.85. The molecule has 0 spiro atoms. The molecule has 16 heavy (non-hydrogen) atoms. The Morgan fingerprint density at radius 1 is 1.69 bits per heavy atom. The van der Waals surface area contributed by atoms with Gasteiger partial charge in [-0.2, -0.15) is 5.10 Å². The van der Waals surface area contributed by atoms with Crippen LogP contribution < -0.4 is 5.32 Å². The van der Waals surface area contributed by atoms with Gasteiger partial charge in [0.05, 0.1) is 6.21 Å². The predicted molar refractivity (Wildman–Crippen MR) is 57.2 cm³/mol. The van der Waals surface area contributed by atoms with E-state index in [4.69, 9.17) is 5.21 Å². The van der Waals surface area contributed by atoms with Gasteiger partial charge in [0, 0.05) is 12.5 Å². The summed E-state index contributed by atoms with van der Waals surface area (Å²) in [5.41, 5.74) is -0.678. The standard InChI is InChI=1S/C9H15N5O2/c1-9(2,4-13-16)7(8(15)10-3)14-6-11-5-12-14/h4-7,16H,1-3H3,(H,10,15). The molecule has 7 heteroatoms. The third kappa shape index (κ3) is 2.36. The van der Waals surface area contributed by atoms with Crippen molar-refractivity contribution in [1.29, 1.82) is 0 Å². The van der Waals surface area contributed by atoms with E-state index in [1.165, 1.54) is 23.6 Å². The van der Waals surface area contributed by atoms with Crippen LogP contribution in [0.5, 0.6) is 0 Å². The summed E-state index contributed by atoms with van der Waals surface area (Å²) in [4.78, 5) is 15.6. The number of nitrogens with one attached hydrogen (secondary N) is 1. The predicted octanol–water partition coefficient (Wildman–Crippen LogP) is 0.0514. The molecule has 0 saturated carbocycles. The molecule has 0 fully saturated rings. The van der Waals surface area contributed by atoms with Crippen LogP contribution in [0.25, 0.3) is 0 Å². The second-order valence-electron chi connectivity index (χ2n) is 3.96. The number of hydrogen-bond acceptors (Lipinski definition) is 5. The fourth-order valence-electron chi connectivity index (χ4n) is 1.51. The van der Waals surface area contributed by atoms with Gasteiger partial charge < -0.3 is 10.5 Å². The van der Waals surface area contributed by atoms with E-state index in [1.807, 2.05) is 0 Å². The van der Waals surface area contributed by atoms with E-state index in [0.717, 1.165) is 0 Å². The molecule has 0 aromatic carbocycles. The molecule has 7 nitrogen and oxygen atoms in total. The fraction of sp³-hybridized carbons (Fsp3) is 0.556. The molecule has 0 aliphatic heterocycles. The number of carbonyl (C=O) groups is 1. The maximum Gasteiger partial charge on any atom is 0.245 e. The Morgan fingerprint density at radius 3 is 2.81 bits per heavy atom. The summed E-state index contributed by atoms with van der Waals surface area (Å²) < 4.78 is 1.43. The van der Waals surface area contributed by atoms with Crippen molar-refractivity contribution in [2.24, 2.45) is 10.6 Å². The number of carbonyl (C=O) groups excluding carboxylic acids is 1. The van der Waals surface area contributed by atoms with E-state index in [1.54, 1.807) is 20.9 Å². The number of aromatic nitrogens is 3. The summed E-state index contributed by atoms with van der Waals surface area (Å²) in [5.74, 6) is -0.226. The summed E-state index contributed by atoms with van der Waals surface area (Å²) in [7, 11) is 1.54. The largest absolute Gasteiger partial charge is 0.411 e. The van der Waals surface area contributed by atoms with Crippen LogP contribution in [0.2, 0.25) is 0 Å². The first-order valence-electron chi connectivity index (χ1n) is 4.77. The van der Waals surface area contributed by atoms with Crippen molar-refractivity contribution in [2.45, 2.75) is 19.9 Å². The van der Waals surface area contributed by atoms with Crippen LogP contribution in [-0.4, -0.2) is 39.1 Å². The average Bonchev–Trinajstić information content (AvgIpc) is 2.70. The fourth-order valence-corrected chi connectivity index (χ4v) is 1.51. The molecule has 2 N–H and O–H groups in total. The zero-order valence-electron chi connectivity index (χ0n) is 9.45. The third-order valence-electron chi connectivity index (χ3n) is 2.29. The molecule has 1 atom stereocenters. The number of rotatable bonds is 4. The van der Waals surface area contributed by atoms with Crippen LogP contribution in [0.1, 0.15) is 19.9 Å². The van der Waals surface area contributed by atoms with Crippen molar-refractivity contribution in [3.05, 3.63) is 12.7 Å². The molecule has 0 bridgehead atoms. The van der Waals surface area contributed by atoms with Gasteiger partial charge in [0.2, 0.25) is 5.91 Å². The van der Waals surface area contributed by atoms with E-state index < -0.39 is 11.5 Å². The number of likely N-dealkylation sites (N-methyl/N-ethyl adjacent to an activating group) is 1. The highest BCUT2D eigenvalue weighted by atomic mass is 16.4. The van der Waals surface area contributed by atoms with Gasteiger partial charge >= 0.3 is 0 Å². The van der Waals surface area contributed by atoms with E-state index in [9.17, 15) is 4.79 Å². The van der Waals surface area contributed by atoms with E-state index in [0.29, 0.717) is 0 Å². The lowest BCUT2D eigenvalue weighted by Gasteiger charge is -2.28. The Labute approximate surface area is 93.2 Å². The first-order valence-corrected chi connectivity index (χ1v) is 4.77. The van der Waals surface area contributed by atoms with Gasteiger partial charge in [-0.1, -0.05) is 13.8 Å². The Balaban J connectivity index is 3.11. The van der Waals surface area contributed by atoms with E-state index in [2.05, 4.69) is 20.6 Å². The Bertz CT molecular complexity index is 371. The molecule has 1 aromatic heterocycles. The highest BCUT2D eigenvalue weighted by Crippen LogP contribution is 2.28. The molecule has 1 unspecified atom stereocenters. The van der Waals surface area contributed by atoms with Crippen LogP contribution >= 0.6 is 0 Å². The van der Waals surface area contributed by atoms with Gasteiger partial charge in [-0.05, 0) is 0 Å². The first-order chi connectivity index (χ1) is 7.53. The second-order valence-corrected chi connectivity index (χ2v) is 3.96. The van der Waals surface area contributed by atoms with Crippen LogP contribution in [0.3, 0.4) is 0 Å². The molecule has 0 saturated heterocycles. The number of amides is 1. The summed E-state index contributed by atoms with van der Waals surface area (Å²) in [6.07, 6.45) is 4.10. The van der Waals surface area contributed by atoms with Crippen LogP contribution in [0, 0.1) is 5.41 Å². The van der Waals surface area contributed by atoms with E-state index in [-0.39, 0.29) is 5.91 Å². The van der Waals surface area contributed by atoms with Crippen LogP contribution in [-0.2, 0) is 4.79 Å². The Kier molecular flexibility index (Phi) is 3.60. The molecule has 0 radical (unpaired) electrons. The van der Waals surface area contributed by atoms with E-state index >= 15 is 0 Å². The molecule has 0 aliphatic rings. The zero-order chi connectivity index (χ0) is 12.2. The monoisotopic (exact) mass is 225 g/mol. The SMILES string of the molecule is CNC(=O)C(n1cncn1)C(C)(C)C=NO. The van der Waals surface area contributed by atoms with Crippen molar-refractivity contribution in [1.82, 2.24) is 20.1 Å². The van der Waals surface area contributed by atoms with Crippen molar-refractivity contribution in [2.75, 3.05) is 7.05 Å². The lowest BCUT2D eigenvalue weighted by Crippen LogP contribution is -2.40. The van der Waals surface area contributed by atoms with Crippen molar-refractivity contribution >= 4 is 12.1 Å². The van der Waals surface area contributed by atoms with Gasteiger partial charge in [0.15, 0.2) is 0 Å². The highest BCUT2D eigenvalue weighted by molar-refractivity contribution is 5.85. The Morgan fingerprint density at radius 2 is 2.38 bits per heavy atom. The topological polar surface area (TPSA) is 92.4 Å². The quantitative estimate of drug-likeness (QED) is 0.430. The normalized spacial score (nSPS) is 13.9. The summed E-state index contributed by atoms with van der Waals surface area (Å²) in [6.45, 7) is 3.54. The number of oxime groups is 1. The molecular formula is C9H15N5O2. The smallest absolute Gasteiger partial charge is 0.245 e. The summed E-state index contributed by atoms with van der Waals surface area (Å²) in [6, 6.07) is -0.615. The van der Waals surface area contributed by atoms with Crippen LogP contribution in [0.4, 0.5) is 0 Å². The van der Waals surface area contributed by atoms with Gasteiger partial charge in [-0.25, -0.2) is 9.67 Å². The molecule has 1 aromatic rings. The lowest BCUT2D eigenvalue weighted by molar-refractivity contribution is -0.126. The number of hydrogen-bond donors (Lipinski definition) is 2. The minimum Gasteiger partial charge on any atom is -0.411 e. The van der Waals surface area contributed by atoms with Crippen molar-refractivity contribution < 1.29 is 10.0 Å². The highest BCUT2D eigenvalue weighted by Gasteiger charge is 2.36. The van der Waals surface area contributed by atoms with Gasteiger partial charge in [-0.15, -0.1) is 5.16 Å². The first kappa shape index (κ1) is 12.2. The maximum atomic E-state index is 11.8. The zero-order valence-corrected chi connectivity index (χ0v) is 9.45. The minimum absolute atomic E-state index is 0.226. The molecule has 1 heterocycles. The van der Waals surface area contributed by atoms with Gasteiger partial charge in [0.25, 0.3) is 0 Å². The Hall–Kier alpha value is -1.92. The molecule has 1 rings (SSSR count). The molecule has 1 amide bonds. The average molecular weight is 225 g/mol. The van der Waals surface area contributed by atoms with Gasteiger partial charge in [0.1, 0.15) is 18.7 Å². The molecule has 88 valence electrons. The number of nitrogens with zero attached hydrogens (tertiary/aromatic N) is 4. The maximum absolute atomic E-state index is 11.8. The van der Waals surface area contributed by atoms with Gasteiger partial charge in [-0.3, -0.25) is 4.79 Å².